The topological polar surface area (TPSA) is 58.4 Å². The molecule has 0 aliphatic carbocycles. The van der Waals surface area contributed by atoms with Crippen LogP contribution in [-0.2, 0) is 4.79 Å². The highest BCUT2D eigenvalue weighted by Gasteiger charge is 2.16. The third kappa shape index (κ3) is 6.07. The van der Waals surface area contributed by atoms with Crippen molar-refractivity contribution in [2.75, 3.05) is 31.2 Å². The Hall–Kier alpha value is -1.07. The van der Waals surface area contributed by atoms with Crippen molar-refractivity contribution in [3.63, 3.8) is 0 Å². The van der Waals surface area contributed by atoms with Gasteiger partial charge < -0.3 is 11.1 Å². The van der Waals surface area contributed by atoms with Gasteiger partial charge in [0.2, 0.25) is 5.91 Å². The summed E-state index contributed by atoms with van der Waals surface area (Å²) in [6.07, 6.45) is 0. The molecule has 1 amide bonds. The van der Waals surface area contributed by atoms with E-state index in [4.69, 9.17) is 5.73 Å². The molecule has 1 aromatic carbocycles. The first-order valence-electron chi connectivity index (χ1n) is 6.21. The molecule has 0 atom stereocenters. The second-order valence-electron chi connectivity index (χ2n) is 6.02. The van der Waals surface area contributed by atoms with Gasteiger partial charge in [-0.15, -0.1) is 0 Å². The van der Waals surface area contributed by atoms with Crippen LogP contribution >= 0.6 is 15.9 Å². The Labute approximate surface area is 123 Å². The molecule has 1 rings (SSSR count). The summed E-state index contributed by atoms with van der Waals surface area (Å²) in [6.45, 7) is 7.69. The van der Waals surface area contributed by atoms with Gasteiger partial charge in [-0.2, -0.15) is 0 Å². The molecule has 4 nitrogen and oxygen atoms in total. The van der Waals surface area contributed by atoms with Gasteiger partial charge in [0.1, 0.15) is 0 Å². The Balaban J connectivity index is 2.56. The van der Waals surface area contributed by atoms with E-state index in [1.54, 1.807) is 18.2 Å². The zero-order chi connectivity index (χ0) is 14.6. The molecular weight excluding hydrogens is 306 g/mol. The van der Waals surface area contributed by atoms with E-state index in [0.29, 0.717) is 12.2 Å². The van der Waals surface area contributed by atoms with E-state index in [0.717, 1.165) is 16.7 Å². The number of hydrogen-bond acceptors (Lipinski definition) is 3. The van der Waals surface area contributed by atoms with Crippen LogP contribution in [0.5, 0.6) is 0 Å². The van der Waals surface area contributed by atoms with Crippen molar-refractivity contribution in [3.05, 3.63) is 22.7 Å². The Bertz CT molecular complexity index is 454. The molecule has 0 bridgehead atoms. The Morgan fingerprint density at radius 3 is 2.58 bits per heavy atom. The molecular formula is C14H22BrN3O. The first kappa shape index (κ1) is 16.0. The largest absolute Gasteiger partial charge is 0.399 e. The maximum absolute atomic E-state index is 11.9. The van der Waals surface area contributed by atoms with Crippen molar-refractivity contribution in [3.8, 4) is 0 Å². The number of carbonyl (C=O) groups excluding carboxylic acids is 1. The SMILES string of the molecule is CN(CC(=O)Nc1ccc(N)cc1Br)CC(C)(C)C. The van der Waals surface area contributed by atoms with Gasteiger partial charge in [0.25, 0.3) is 0 Å². The van der Waals surface area contributed by atoms with E-state index >= 15 is 0 Å². The number of nitrogen functional groups attached to an aromatic ring is 1. The number of benzene rings is 1. The summed E-state index contributed by atoms with van der Waals surface area (Å²) < 4.78 is 0.791. The summed E-state index contributed by atoms with van der Waals surface area (Å²) in [7, 11) is 1.95. The minimum Gasteiger partial charge on any atom is -0.399 e. The lowest BCUT2D eigenvalue weighted by molar-refractivity contribution is -0.117. The number of anilines is 2. The molecule has 0 saturated heterocycles. The van der Waals surface area contributed by atoms with Crippen LogP contribution < -0.4 is 11.1 Å². The first-order chi connectivity index (χ1) is 8.67. The van der Waals surface area contributed by atoms with Crippen LogP contribution in [-0.4, -0.2) is 30.9 Å². The predicted molar refractivity (Wildman–Crippen MR) is 84.1 cm³/mol. The molecule has 0 saturated carbocycles. The molecule has 106 valence electrons. The highest BCUT2D eigenvalue weighted by molar-refractivity contribution is 9.10. The standard InChI is InChI=1S/C14H22BrN3O/c1-14(2,3)9-18(4)8-13(19)17-12-6-5-10(16)7-11(12)15/h5-7H,8-9,16H2,1-4H3,(H,17,19). The van der Waals surface area contributed by atoms with Crippen LogP contribution in [0.4, 0.5) is 11.4 Å². The molecule has 19 heavy (non-hydrogen) atoms. The number of nitrogens with two attached hydrogens (primary N) is 1. The van der Waals surface area contributed by atoms with Crippen LogP contribution in [0.15, 0.2) is 22.7 Å². The monoisotopic (exact) mass is 327 g/mol. The van der Waals surface area contributed by atoms with Gasteiger partial charge in [0.05, 0.1) is 12.2 Å². The average Bonchev–Trinajstić information content (AvgIpc) is 2.19. The van der Waals surface area contributed by atoms with Gasteiger partial charge in [-0.25, -0.2) is 0 Å². The second kappa shape index (κ2) is 6.39. The van der Waals surface area contributed by atoms with Gasteiger partial charge in [-0.3, -0.25) is 9.69 Å². The molecule has 0 aliphatic heterocycles. The first-order valence-corrected chi connectivity index (χ1v) is 7.00. The molecule has 3 N–H and O–H groups in total. The molecule has 0 aromatic heterocycles. The number of rotatable bonds is 4. The number of halogens is 1. The van der Waals surface area contributed by atoms with E-state index in [2.05, 4.69) is 42.0 Å². The lowest BCUT2D eigenvalue weighted by Crippen LogP contribution is -2.35. The van der Waals surface area contributed by atoms with E-state index in [1.165, 1.54) is 0 Å². The summed E-state index contributed by atoms with van der Waals surface area (Å²) >= 11 is 3.38. The van der Waals surface area contributed by atoms with Crippen molar-refractivity contribution < 1.29 is 4.79 Å². The highest BCUT2D eigenvalue weighted by Crippen LogP contribution is 2.24. The molecule has 5 heteroatoms. The maximum atomic E-state index is 11.9. The fourth-order valence-electron chi connectivity index (χ4n) is 1.93. The number of nitrogens with zero attached hydrogens (tertiary/aromatic N) is 1. The Kier molecular flexibility index (Phi) is 5.38. The fraction of sp³-hybridized carbons (Fsp3) is 0.500. The average molecular weight is 328 g/mol. The van der Waals surface area contributed by atoms with E-state index in [9.17, 15) is 4.79 Å². The minimum absolute atomic E-state index is 0.0304. The molecule has 0 heterocycles. The van der Waals surface area contributed by atoms with Gasteiger partial charge in [-0.05, 0) is 46.6 Å². The van der Waals surface area contributed by atoms with Crippen LogP contribution in [0, 0.1) is 5.41 Å². The molecule has 0 fully saturated rings. The second-order valence-corrected chi connectivity index (χ2v) is 6.87. The van der Waals surface area contributed by atoms with Crippen LogP contribution in [0.25, 0.3) is 0 Å². The summed E-state index contributed by atoms with van der Waals surface area (Å²) in [4.78, 5) is 14.0. The number of carbonyl (C=O) groups is 1. The molecule has 0 aliphatic rings. The van der Waals surface area contributed by atoms with Crippen molar-refractivity contribution >= 4 is 33.2 Å². The molecule has 0 radical (unpaired) electrons. The highest BCUT2D eigenvalue weighted by atomic mass is 79.9. The summed E-state index contributed by atoms with van der Waals surface area (Å²) in [5.74, 6) is -0.0304. The van der Waals surface area contributed by atoms with Crippen LogP contribution in [0.1, 0.15) is 20.8 Å². The maximum Gasteiger partial charge on any atom is 0.238 e. The smallest absolute Gasteiger partial charge is 0.238 e. The minimum atomic E-state index is -0.0304. The van der Waals surface area contributed by atoms with E-state index < -0.39 is 0 Å². The van der Waals surface area contributed by atoms with Gasteiger partial charge in [0.15, 0.2) is 0 Å². The zero-order valence-corrected chi connectivity index (χ0v) is 13.5. The quantitative estimate of drug-likeness (QED) is 0.836. The summed E-state index contributed by atoms with van der Waals surface area (Å²) in [6, 6.07) is 5.33. The normalized spacial score (nSPS) is 11.7. The van der Waals surface area contributed by atoms with E-state index in [-0.39, 0.29) is 11.3 Å². The van der Waals surface area contributed by atoms with Crippen LogP contribution in [0.2, 0.25) is 0 Å². The number of likely N-dealkylation sites (N-methyl/N-ethyl adjacent to an activating group) is 1. The lowest BCUT2D eigenvalue weighted by atomic mass is 9.96. The summed E-state index contributed by atoms with van der Waals surface area (Å²) in [5, 5.41) is 2.87. The summed E-state index contributed by atoms with van der Waals surface area (Å²) in [5.41, 5.74) is 7.24. The van der Waals surface area contributed by atoms with Crippen molar-refractivity contribution in [2.24, 2.45) is 5.41 Å². The van der Waals surface area contributed by atoms with Gasteiger partial charge >= 0.3 is 0 Å². The number of amides is 1. The number of hydrogen-bond donors (Lipinski definition) is 2. The fourth-order valence-corrected chi connectivity index (χ4v) is 2.43. The molecule has 0 unspecified atom stereocenters. The zero-order valence-electron chi connectivity index (χ0n) is 12.0. The lowest BCUT2D eigenvalue weighted by Gasteiger charge is -2.26. The Morgan fingerprint density at radius 2 is 2.05 bits per heavy atom. The van der Waals surface area contributed by atoms with Crippen molar-refractivity contribution in [1.82, 2.24) is 4.90 Å². The third-order valence-electron chi connectivity index (χ3n) is 2.43. The molecule has 1 aromatic rings. The predicted octanol–water partition coefficient (Wildman–Crippen LogP) is 2.95. The van der Waals surface area contributed by atoms with Crippen LogP contribution in [0.3, 0.4) is 0 Å². The van der Waals surface area contributed by atoms with Gasteiger partial charge in [0, 0.05) is 16.7 Å². The Morgan fingerprint density at radius 1 is 1.42 bits per heavy atom. The van der Waals surface area contributed by atoms with E-state index in [1.807, 2.05) is 11.9 Å². The van der Waals surface area contributed by atoms with Crippen molar-refractivity contribution in [1.29, 1.82) is 0 Å². The molecule has 0 spiro atoms. The van der Waals surface area contributed by atoms with Gasteiger partial charge in [-0.1, -0.05) is 20.8 Å². The number of nitrogens with one attached hydrogen (secondary N) is 1. The third-order valence-corrected chi connectivity index (χ3v) is 3.08. The van der Waals surface area contributed by atoms with Crippen molar-refractivity contribution in [2.45, 2.75) is 20.8 Å².